The normalized spacial score (nSPS) is 20.0. The summed E-state index contributed by atoms with van der Waals surface area (Å²) in [5.74, 6) is 1.51. The Morgan fingerprint density at radius 2 is 2.03 bits per heavy atom. The number of nitrogens with zero attached hydrogens (tertiary/aromatic N) is 2. The summed E-state index contributed by atoms with van der Waals surface area (Å²) in [6.07, 6.45) is 7.48. The molecule has 1 fully saturated rings. The first-order valence-corrected chi connectivity index (χ1v) is 13.0. The molecule has 0 aliphatic carbocycles. The van der Waals surface area contributed by atoms with Crippen molar-refractivity contribution in [3.63, 3.8) is 0 Å². The van der Waals surface area contributed by atoms with E-state index in [0.717, 1.165) is 21.8 Å². The Kier molecular flexibility index (Phi) is 6.21. The van der Waals surface area contributed by atoms with Crippen LogP contribution in [-0.2, 0) is 21.3 Å². The Bertz CT molecular complexity index is 1320. The highest BCUT2D eigenvalue weighted by Gasteiger charge is 2.53. The molecule has 3 aromatic rings. The predicted molar refractivity (Wildman–Crippen MR) is 126 cm³/mol. The number of benzene rings is 2. The zero-order valence-corrected chi connectivity index (χ0v) is 20.0. The van der Waals surface area contributed by atoms with Gasteiger partial charge in [0.25, 0.3) is 10.9 Å². The summed E-state index contributed by atoms with van der Waals surface area (Å²) < 4.78 is 42.2. The molecule has 164 valence electrons. The molecule has 0 radical (unpaired) electrons. The Morgan fingerprint density at radius 3 is 2.75 bits per heavy atom. The van der Waals surface area contributed by atoms with E-state index >= 15 is 4.39 Å². The number of thiazole rings is 1. The lowest BCUT2D eigenvalue weighted by molar-refractivity contribution is 0.0666. The zero-order chi connectivity index (χ0) is 22.9. The van der Waals surface area contributed by atoms with Crippen molar-refractivity contribution in [1.82, 2.24) is 9.88 Å². The van der Waals surface area contributed by atoms with Gasteiger partial charge in [0.05, 0.1) is 12.3 Å². The first-order valence-electron chi connectivity index (χ1n) is 9.69. The minimum absolute atomic E-state index is 0.101. The standard InChI is InChI=1S/C23H18BrFN2O3S2/c1-2-17-13-18(8-9-20(17)24)21(28)27-10-11-32(29,30)23(25,15-27)22-26-14-19(31-22)12-16-6-4-3-5-7-16/h1,3-9,13-14H,10-12,15H2/t23-/m1/s1. The summed E-state index contributed by atoms with van der Waals surface area (Å²) in [5, 5.41) is -2.91. The number of rotatable bonds is 4. The van der Waals surface area contributed by atoms with Gasteiger partial charge >= 0.3 is 0 Å². The molecular formula is C23H18BrFN2O3S2. The lowest BCUT2D eigenvalue weighted by Crippen LogP contribution is -2.53. The van der Waals surface area contributed by atoms with E-state index in [1.54, 1.807) is 12.1 Å². The number of carbonyl (C=O) groups is 1. The Morgan fingerprint density at radius 1 is 1.28 bits per heavy atom. The maximum absolute atomic E-state index is 16.1. The van der Waals surface area contributed by atoms with Gasteiger partial charge in [-0.05, 0) is 39.7 Å². The molecule has 0 saturated carbocycles. The van der Waals surface area contributed by atoms with E-state index in [-0.39, 0.29) is 17.1 Å². The van der Waals surface area contributed by atoms with Gasteiger partial charge in [-0.1, -0.05) is 36.3 Å². The monoisotopic (exact) mass is 532 g/mol. The highest BCUT2D eigenvalue weighted by molar-refractivity contribution is 9.10. The average molecular weight is 533 g/mol. The Hall–Kier alpha value is -2.54. The number of sulfone groups is 1. The lowest BCUT2D eigenvalue weighted by atomic mass is 10.1. The van der Waals surface area contributed by atoms with Crippen LogP contribution in [0.3, 0.4) is 0 Å². The highest BCUT2D eigenvalue weighted by atomic mass is 79.9. The number of terminal acetylenes is 1. The molecule has 9 heteroatoms. The number of halogens is 2. The van der Waals surface area contributed by atoms with Crippen LogP contribution in [0.2, 0.25) is 0 Å². The molecule has 0 bridgehead atoms. The molecule has 2 aromatic carbocycles. The molecule has 2 heterocycles. The number of aromatic nitrogens is 1. The van der Waals surface area contributed by atoms with Crippen LogP contribution in [0, 0.1) is 12.3 Å². The minimum atomic E-state index is -4.16. The van der Waals surface area contributed by atoms with Crippen LogP contribution in [0.4, 0.5) is 4.39 Å². The number of amides is 1. The quantitative estimate of drug-likeness (QED) is 0.473. The fraction of sp³-hybridized carbons (Fsp3) is 0.217. The van der Waals surface area contributed by atoms with Gasteiger partial charge in [0.15, 0.2) is 9.84 Å². The molecule has 0 unspecified atom stereocenters. The number of hydrogen-bond acceptors (Lipinski definition) is 5. The predicted octanol–water partition coefficient (Wildman–Crippen LogP) is 4.17. The van der Waals surface area contributed by atoms with E-state index in [1.165, 1.54) is 17.2 Å². The molecule has 1 saturated heterocycles. The van der Waals surface area contributed by atoms with Gasteiger partial charge < -0.3 is 4.90 Å². The van der Waals surface area contributed by atoms with E-state index in [1.807, 2.05) is 30.3 Å². The minimum Gasteiger partial charge on any atom is -0.333 e. The first-order chi connectivity index (χ1) is 15.2. The van der Waals surface area contributed by atoms with Gasteiger partial charge in [-0.15, -0.1) is 17.8 Å². The highest BCUT2D eigenvalue weighted by Crippen LogP contribution is 2.39. The van der Waals surface area contributed by atoms with E-state index in [0.29, 0.717) is 16.5 Å². The molecule has 1 amide bonds. The van der Waals surface area contributed by atoms with Crippen molar-refractivity contribution in [2.24, 2.45) is 0 Å². The van der Waals surface area contributed by atoms with Crippen molar-refractivity contribution in [3.8, 4) is 12.3 Å². The maximum atomic E-state index is 16.1. The Balaban J connectivity index is 1.61. The molecule has 1 aliphatic rings. The topological polar surface area (TPSA) is 67.3 Å². The molecule has 1 aromatic heterocycles. The van der Waals surface area contributed by atoms with Crippen LogP contribution in [0.1, 0.15) is 31.4 Å². The maximum Gasteiger partial charge on any atom is 0.278 e. The van der Waals surface area contributed by atoms with E-state index in [4.69, 9.17) is 6.42 Å². The van der Waals surface area contributed by atoms with Crippen molar-refractivity contribution in [2.75, 3.05) is 18.8 Å². The van der Waals surface area contributed by atoms with Crippen molar-refractivity contribution in [1.29, 1.82) is 0 Å². The van der Waals surface area contributed by atoms with Gasteiger partial charge in [-0.25, -0.2) is 17.8 Å². The van der Waals surface area contributed by atoms with E-state index in [9.17, 15) is 13.2 Å². The zero-order valence-electron chi connectivity index (χ0n) is 16.8. The molecule has 1 aliphatic heterocycles. The third-order valence-corrected chi connectivity index (χ3v) is 9.25. The van der Waals surface area contributed by atoms with Gasteiger partial charge in [0.1, 0.15) is 5.01 Å². The smallest absolute Gasteiger partial charge is 0.278 e. The lowest BCUT2D eigenvalue weighted by Gasteiger charge is -2.35. The summed E-state index contributed by atoms with van der Waals surface area (Å²) in [6.45, 7) is -0.718. The van der Waals surface area contributed by atoms with Crippen LogP contribution in [0.5, 0.6) is 0 Å². The summed E-state index contributed by atoms with van der Waals surface area (Å²) >= 11 is 4.33. The second-order valence-corrected chi connectivity index (χ2v) is 11.7. The van der Waals surface area contributed by atoms with Crippen LogP contribution in [-0.4, -0.2) is 43.1 Å². The molecule has 0 N–H and O–H groups in total. The van der Waals surface area contributed by atoms with Crippen LogP contribution in [0.25, 0.3) is 0 Å². The molecule has 0 spiro atoms. The average Bonchev–Trinajstić information content (AvgIpc) is 3.25. The third kappa shape index (κ3) is 4.22. The summed E-state index contributed by atoms with van der Waals surface area (Å²) in [7, 11) is -4.16. The molecule has 1 atom stereocenters. The number of carbonyl (C=O) groups excluding carboxylic acids is 1. The molecule has 4 rings (SSSR count). The van der Waals surface area contributed by atoms with Gasteiger partial charge in [0.2, 0.25) is 0 Å². The van der Waals surface area contributed by atoms with Crippen LogP contribution in [0.15, 0.2) is 59.2 Å². The van der Waals surface area contributed by atoms with Gasteiger partial charge in [-0.2, -0.15) is 0 Å². The van der Waals surface area contributed by atoms with Gasteiger partial charge in [0, 0.05) is 39.6 Å². The van der Waals surface area contributed by atoms with Gasteiger partial charge in [-0.3, -0.25) is 4.79 Å². The molecule has 5 nitrogen and oxygen atoms in total. The van der Waals surface area contributed by atoms with Crippen molar-refractivity contribution in [3.05, 3.63) is 85.8 Å². The Labute approximate surface area is 198 Å². The second-order valence-electron chi connectivity index (χ2n) is 7.41. The number of alkyl halides is 1. The van der Waals surface area contributed by atoms with Crippen LogP contribution >= 0.6 is 27.3 Å². The molecular weight excluding hydrogens is 515 g/mol. The van der Waals surface area contributed by atoms with Crippen molar-refractivity contribution in [2.45, 2.75) is 11.4 Å². The second kappa shape index (κ2) is 8.77. The number of hydrogen-bond donors (Lipinski definition) is 0. The van der Waals surface area contributed by atoms with Crippen LogP contribution < -0.4 is 0 Å². The SMILES string of the molecule is C#Cc1cc(C(=O)N2CCS(=O)(=O)[C@@](F)(c3ncc(Cc4ccccc4)s3)C2)ccc1Br. The first kappa shape index (κ1) is 22.6. The fourth-order valence-electron chi connectivity index (χ4n) is 3.50. The molecule has 32 heavy (non-hydrogen) atoms. The summed E-state index contributed by atoms with van der Waals surface area (Å²) in [5.41, 5.74) is 1.77. The fourth-order valence-corrected chi connectivity index (χ4v) is 6.74. The largest absolute Gasteiger partial charge is 0.333 e. The summed E-state index contributed by atoms with van der Waals surface area (Å²) in [4.78, 5) is 19.1. The van der Waals surface area contributed by atoms with Crippen molar-refractivity contribution >= 4 is 43.0 Å². The van der Waals surface area contributed by atoms with E-state index in [2.05, 4.69) is 26.8 Å². The third-order valence-electron chi connectivity index (χ3n) is 5.27. The summed E-state index contributed by atoms with van der Waals surface area (Å²) in [6, 6.07) is 14.3. The van der Waals surface area contributed by atoms with E-state index < -0.39 is 33.0 Å². The van der Waals surface area contributed by atoms with Crippen molar-refractivity contribution < 1.29 is 17.6 Å².